The number of hydrogen-bond donors (Lipinski definition) is 1. The van der Waals surface area contributed by atoms with Gasteiger partial charge in [0.1, 0.15) is 5.82 Å². The van der Waals surface area contributed by atoms with Gasteiger partial charge < -0.3 is 15.0 Å². The van der Waals surface area contributed by atoms with E-state index in [2.05, 4.69) is 5.32 Å². The highest BCUT2D eigenvalue weighted by molar-refractivity contribution is 5.85. The minimum atomic E-state index is -0.330. The van der Waals surface area contributed by atoms with Crippen molar-refractivity contribution in [2.45, 2.75) is 38.5 Å². The molecule has 1 aromatic carbocycles. The standard InChI is InChI=1S/C21H27FN2O3/c1-14-10-16(22)2-3-17(14)15-4-7-24(8-5-15)20(26)18-12-23-19(25)11-21(18)6-9-27-13-21/h2-3,10,15,18H,4-9,11-13H2,1H3,(H,23,25). The molecule has 0 aliphatic carbocycles. The van der Waals surface area contributed by atoms with Crippen molar-refractivity contribution < 1.29 is 18.7 Å². The summed E-state index contributed by atoms with van der Waals surface area (Å²) in [5, 5.41) is 2.87. The van der Waals surface area contributed by atoms with Gasteiger partial charge in [0.15, 0.2) is 0 Å². The van der Waals surface area contributed by atoms with Crippen LogP contribution < -0.4 is 5.32 Å². The van der Waals surface area contributed by atoms with E-state index in [0.29, 0.717) is 45.2 Å². The quantitative estimate of drug-likeness (QED) is 0.865. The van der Waals surface area contributed by atoms with Crippen LogP contribution in [0, 0.1) is 24.1 Å². The third kappa shape index (κ3) is 3.47. The van der Waals surface area contributed by atoms with Gasteiger partial charge in [-0.05, 0) is 55.4 Å². The highest BCUT2D eigenvalue weighted by Gasteiger charge is 2.50. The number of carbonyl (C=O) groups is 2. The van der Waals surface area contributed by atoms with E-state index < -0.39 is 0 Å². The lowest BCUT2D eigenvalue weighted by molar-refractivity contribution is -0.146. The van der Waals surface area contributed by atoms with Crippen LogP contribution in [-0.4, -0.2) is 49.6 Å². The molecular formula is C21H27FN2O3. The predicted octanol–water partition coefficient (Wildman–Crippen LogP) is 2.38. The molecule has 3 saturated heterocycles. The van der Waals surface area contributed by atoms with E-state index in [0.717, 1.165) is 24.8 Å². The van der Waals surface area contributed by atoms with Gasteiger partial charge in [0.2, 0.25) is 11.8 Å². The number of nitrogens with one attached hydrogen (secondary N) is 1. The van der Waals surface area contributed by atoms with E-state index in [-0.39, 0.29) is 29.0 Å². The Hall–Kier alpha value is -1.95. The molecule has 1 aromatic rings. The average Bonchev–Trinajstić information content (AvgIpc) is 3.10. The molecule has 4 rings (SSSR count). The fourth-order valence-corrected chi connectivity index (χ4v) is 5.05. The zero-order valence-electron chi connectivity index (χ0n) is 15.8. The number of carbonyl (C=O) groups excluding carboxylic acids is 2. The molecule has 0 saturated carbocycles. The Morgan fingerprint density at radius 1 is 1.33 bits per heavy atom. The van der Waals surface area contributed by atoms with Crippen molar-refractivity contribution in [3.05, 3.63) is 35.1 Å². The average molecular weight is 374 g/mol. The maximum absolute atomic E-state index is 13.4. The molecule has 1 spiro atoms. The van der Waals surface area contributed by atoms with Crippen molar-refractivity contribution in [2.75, 3.05) is 32.8 Å². The number of likely N-dealkylation sites (tertiary alicyclic amines) is 1. The molecule has 2 atom stereocenters. The van der Waals surface area contributed by atoms with Gasteiger partial charge in [-0.25, -0.2) is 4.39 Å². The van der Waals surface area contributed by atoms with Crippen LogP contribution in [0.4, 0.5) is 4.39 Å². The molecule has 3 aliphatic rings. The maximum atomic E-state index is 13.4. The molecule has 2 unspecified atom stereocenters. The van der Waals surface area contributed by atoms with Gasteiger partial charge in [-0.15, -0.1) is 0 Å². The lowest BCUT2D eigenvalue weighted by Crippen LogP contribution is -2.56. The summed E-state index contributed by atoms with van der Waals surface area (Å²) < 4.78 is 18.9. The van der Waals surface area contributed by atoms with Crippen molar-refractivity contribution in [3.8, 4) is 0 Å². The molecule has 0 aromatic heterocycles. The summed E-state index contributed by atoms with van der Waals surface area (Å²) in [6.45, 7) is 4.91. The summed E-state index contributed by atoms with van der Waals surface area (Å²) in [4.78, 5) is 27.1. The fourth-order valence-electron chi connectivity index (χ4n) is 5.05. The molecule has 5 nitrogen and oxygen atoms in total. The first-order valence-electron chi connectivity index (χ1n) is 9.88. The van der Waals surface area contributed by atoms with Crippen LogP contribution in [0.2, 0.25) is 0 Å². The van der Waals surface area contributed by atoms with Gasteiger partial charge >= 0.3 is 0 Å². The van der Waals surface area contributed by atoms with Crippen LogP contribution in [0.25, 0.3) is 0 Å². The van der Waals surface area contributed by atoms with Crippen LogP contribution in [0.5, 0.6) is 0 Å². The summed E-state index contributed by atoms with van der Waals surface area (Å²) in [7, 11) is 0. The molecule has 3 heterocycles. The Balaban J connectivity index is 1.43. The Bertz CT molecular complexity index is 737. The molecule has 3 fully saturated rings. The van der Waals surface area contributed by atoms with Crippen LogP contribution in [0.3, 0.4) is 0 Å². The topological polar surface area (TPSA) is 58.6 Å². The van der Waals surface area contributed by atoms with Gasteiger partial charge in [0.05, 0.1) is 12.5 Å². The number of piperidine rings is 2. The van der Waals surface area contributed by atoms with Crippen LogP contribution in [0.15, 0.2) is 18.2 Å². The minimum Gasteiger partial charge on any atom is -0.381 e. The number of amides is 2. The number of ether oxygens (including phenoxy) is 1. The number of aryl methyl sites for hydroxylation is 1. The fraction of sp³-hybridized carbons (Fsp3) is 0.619. The zero-order chi connectivity index (χ0) is 19.0. The first-order chi connectivity index (χ1) is 13.0. The summed E-state index contributed by atoms with van der Waals surface area (Å²) in [5.41, 5.74) is 1.84. The Labute approximate surface area is 159 Å². The van der Waals surface area contributed by atoms with Crippen molar-refractivity contribution in [3.63, 3.8) is 0 Å². The van der Waals surface area contributed by atoms with Gasteiger partial charge in [-0.2, -0.15) is 0 Å². The first kappa shape index (κ1) is 18.4. The second-order valence-corrected chi connectivity index (χ2v) is 8.30. The molecular weight excluding hydrogens is 347 g/mol. The van der Waals surface area contributed by atoms with Crippen molar-refractivity contribution in [2.24, 2.45) is 11.3 Å². The van der Waals surface area contributed by atoms with E-state index in [9.17, 15) is 14.0 Å². The van der Waals surface area contributed by atoms with Crippen molar-refractivity contribution >= 4 is 11.8 Å². The molecule has 146 valence electrons. The van der Waals surface area contributed by atoms with Crippen molar-refractivity contribution in [1.29, 1.82) is 0 Å². The van der Waals surface area contributed by atoms with Gasteiger partial charge in [0.25, 0.3) is 0 Å². The SMILES string of the molecule is Cc1cc(F)ccc1C1CCN(C(=O)C2CNC(=O)CC23CCOC3)CC1. The van der Waals surface area contributed by atoms with E-state index in [1.54, 1.807) is 6.07 Å². The van der Waals surface area contributed by atoms with Crippen LogP contribution >= 0.6 is 0 Å². The highest BCUT2D eigenvalue weighted by atomic mass is 19.1. The first-order valence-corrected chi connectivity index (χ1v) is 9.88. The van der Waals surface area contributed by atoms with Crippen LogP contribution in [0.1, 0.15) is 42.7 Å². The third-order valence-electron chi connectivity index (χ3n) is 6.67. The largest absolute Gasteiger partial charge is 0.381 e. The zero-order valence-corrected chi connectivity index (χ0v) is 15.8. The Morgan fingerprint density at radius 3 is 2.78 bits per heavy atom. The third-order valence-corrected chi connectivity index (χ3v) is 6.67. The molecule has 1 N–H and O–H groups in total. The van der Waals surface area contributed by atoms with E-state index in [1.807, 2.05) is 17.9 Å². The molecule has 3 aliphatic heterocycles. The number of benzene rings is 1. The maximum Gasteiger partial charge on any atom is 0.228 e. The van der Waals surface area contributed by atoms with Gasteiger partial charge in [-0.3, -0.25) is 9.59 Å². The number of halogens is 1. The highest BCUT2D eigenvalue weighted by Crippen LogP contribution is 2.43. The lowest BCUT2D eigenvalue weighted by atomic mass is 9.69. The molecule has 0 bridgehead atoms. The number of nitrogens with zero attached hydrogens (tertiary/aromatic N) is 1. The van der Waals surface area contributed by atoms with Crippen LogP contribution in [-0.2, 0) is 14.3 Å². The lowest BCUT2D eigenvalue weighted by Gasteiger charge is -2.42. The number of rotatable bonds is 2. The second kappa shape index (κ2) is 7.23. The summed E-state index contributed by atoms with van der Waals surface area (Å²) in [6, 6.07) is 4.99. The Morgan fingerprint density at radius 2 is 2.11 bits per heavy atom. The van der Waals surface area contributed by atoms with Crippen molar-refractivity contribution in [1.82, 2.24) is 10.2 Å². The van der Waals surface area contributed by atoms with E-state index >= 15 is 0 Å². The summed E-state index contributed by atoms with van der Waals surface area (Å²) >= 11 is 0. The monoisotopic (exact) mass is 374 g/mol. The van der Waals surface area contributed by atoms with E-state index in [4.69, 9.17) is 4.74 Å². The number of hydrogen-bond acceptors (Lipinski definition) is 3. The minimum absolute atomic E-state index is 0.0232. The summed E-state index contributed by atoms with van der Waals surface area (Å²) in [5.74, 6) is 0.142. The molecule has 2 amide bonds. The molecule has 6 heteroatoms. The van der Waals surface area contributed by atoms with E-state index in [1.165, 1.54) is 11.6 Å². The molecule has 0 radical (unpaired) electrons. The molecule has 27 heavy (non-hydrogen) atoms. The normalized spacial score (nSPS) is 29.2. The Kier molecular flexibility index (Phi) is 4.93. The van der Waals surface area contributed by atoms with Gasteiger partial charge in [-0.1, -0.05) is 6.07 Å². The smallest absolute Gasteiger partial charge is 0.228 e. The van der Waals surface area contributed by atoms with Gasteiger partial charge in [0, 0.05) is 38.1 Å². The second-order valence-electron chi connectivity index (χ2n) is 8.30. The predicted molar refractivity (Wildman–Crippen MR) is 98.7 cm³/mol. The summed E-state index contributed by atoms with van der Waals surface area (Å²) in [6.07, 6.45) is 2.94.